The van der Waals surface area contributed by atoms with E-state index in [4.69, 9.17) is 16.3 Å². The molecule has 0 aromatic heterocycles. The number of nitrogens with one attached hydrogen (secondary N) is 1. The molecule has 0 aliphatic rings. The van der Waals surface area contributed by atoms with Crippen molar-refractivity contribution in [3.63, 3.8) is 0 Å². The minimum atomic E-state index is -0.587. The van der Waals surface area contributed by atoms with Crippen molar-refractivity contribution in [2.75, 3.05) is 11.9 Å². The third kappa shape index (κ3) is 4.77. The standard InChI is InChI=1S/C17H15ClN2O5/c1-10-3-5-14(15(7-10)20(23)24)19-17(22)9-25-16-6-4-12(18)8-13(16)11(2)21/h3-8H,9H2,1-2H3,(H,19,22). The molecule has 2 aromatic rings. The number of nitro benzene ring substituents is 1. The Kier molecular flexibility index (Phi) is 5.71. The Hall–Kier alpha value is -2.93. The van der Waals surface area contributed by atoms with Crippen LogP contribution in [0.15, 0.2) is 36.4 Å². The molecule has 0 aliphatic carbocycles. The summed E-state index contributed by atoms with van der Waals surface area (Å²) in [5.41, 5.74) is 0.825. The topological polar surface area (TPSA) is 98.5 Å². The van der Waals surface area contributed by atoms with Gasteiger partial charge in [-0.25, -0.2) is 0 Å². The Labute approximate surface area is 148 Å². The lowest BCUT2D eigenvalue weighted by Gasteiger charge is -2.11. The summed E-state index contributed by atoms with van der Waals surface area (Å²) < 4.78 is 5.35. The Bertz CT molecular complexity index is 851. The number of benzene rings is 2. The second-order valence-corrected chi connectivity index (χ2v) is 5.75. The smallest absolute Gasteiger partial charge is 0.293 e. The second kappa shape index (κ2) is 7.76. The fourth-order valence-electron chi connectivity index (χ4n) is 2.13. The van der Waals surface area contributed by atoms with Gasteiger partial charge in [0.25, 0.3) is 11.6 Å². The average Bonchev–Trinajstić information content (AvgIpc) is 2.55. The van der Waals surface area contributed by atoms with E-state index in [1.54, 1.807) is 13.0 Å². The van der Waals surface area contributed by atoms with Gasteiger partial charge in [-0.15, -0.1) is 0 Å². The maximum Gasteiger partial charge on any atom is 0.293 e. The average molecular weight is 363 g/mol. The van der Waals surface area contributed by atoms with Crippen LogP contribution in [0.5, 0.6) is 5.75 Å². The predicted octanol–water partition coefficient (Wildman–Crippen LogP) is 3.78. The van der Waals surface area contributed by atoms with Gasteiger partial charge in [-0.05, 0) is 43.7 Å². The molecule has 130 valence electrons. The molecule has 1 N–H and O–H groups in total. The third-order valence-electron chi connectivity index (χ3n) is 3.30. The number of carbonyl (C=O) groups is 2. The van der Waals surface area contributed by atoms with E-state index in [2.05, 4.69) is 5.32 Å². The lowest BCUT2D eigenvalue weighted by atomic mass is 10.1. The van der Waals surface area contributed by atoms with Crippen LogP contribution in [0, 0.1) is 17.0 Å². The maximum absolute atomic E-state index is 12.0. The number of halogens is 1. The number of Topliss-reactive ketones (excluding diaryl/α,β-unsaturated/α-hetero) is 1. The molecule has 25 heavy (non-hydrogen) atoms. The minimum absolute atomic E-state index is 0.0760. The summed E-state index contributed by atoms with van der Waals surface area (Å²) in [7, 11) is 0. The van der Waals surface area contributed by atoms with Gasteiger partial charge in [-0.2, -0.15) is 0 Å². The highest BCUT2D eigenvalue weighted by atomic mass is 35.5. The first-order chi connectivity index (χ1) is 11.8. The number of nitrogens with zero attached hydrogens (tertiary/aromatic N) is 1. The molecule has 0 heterocycles. The molecule has 2 aromatic carbocycles. The van der Waals surface area contributed by atoms with Crippen LogP contribution in [0.2, 0.25) is 5.02 Å². The van der Waals surface area contributed by atoms with Crippen molar-refractivity contribution in [1.82, 2.24) is 0 Å². The molecule has 0 fully saturated rings. The van der Waals surface area contributed by atoms with Crippen molar-refractivity contribution in [1.29, 1.82) is 0 Å². The molecular formula is C17H15ClN2O5. The third-order valence-corrected chi connectivity index (χ3v) is 3.54. The molecule has 8 heteroatoms. The molecule has 0 unspecified atom stereocenters. The van der Waals surface area contributed by atoms with Crippen molar-refractivity contribution in [3.8, 4) is 5.75 Å². The summed E-state index contributed by atoms with van der Waals surface area (Å²) in [6.45, 7) is 2.66. The summed E-state index contributed by atoms with van der Waals surface area (Å²) >= 11 is 5.84. The molecule has 0 radical (unpaired) electrons. The largest absolute Gasteiger partial charge is 0.483 e. The molecule has 0 saturated carbocycles. The van der Waals surface area contributed by atoms with Gasteiger partial charge in [0.15, 0.2) is 12.4 Å². The Morgan fingerprint density at radius 2 is 1.96 bits per heavy atom. The number of amides is 1. The number of rotatable bonds is 6. The van der Waals surface area contributed by atoms with E-state index in [1.165, 1.54) is 37.3 Å². The quantitative estimate of drug-likeness (QED) is 0.479. The fourth-order valence-corrected chi connectivity index (χ4v) is 2.30. The van der Waals surface area contributed by atoms with E-state index < -0.39 is 17.4 Å². The number of ether oxygens (including phenoxy) is 1. The summed E-state index contributed by atoms with van der Waals surface area (Å²) in [6, 6.07) is 8.93. The normalized spacial score (nSPS) is 10.2. The summed E-state index contributed by atoms with van der Waals surface area (Å²) in [6.07, 6.45) is 0. The van der Waals surface area contributed by atoms with Crippen molar-refractivity contribution in [2.24, 2.45) is 0 Å². The molecule has 1 amide bonds. The molecule has 2 rings (SSSR count). The molecule has 0 atom stereocenters. The predicted molar refractivity (Wildman–Crippen MR) is 93.4 cm³/mol. The van der Waals surface area contributed by atoms with Crippen LogP contribution >= 0.6 is 11.6 Å². The number of hydrogen-bond acceptors (Lipinski definition) is 5. The van der Waals surface area contributed by atoms with Gasteiger partial charge in [0, 0.05) is 11.1 Å². The molecule has 0 bridgehead atoms. The Morgan fingerprint density at radius 3 is 2.60 bits per heavy atom. The highest BCUT2D eigenvalue weighted by molar-refractivity contribution is 6.31. The van der Waals surface area contributed by atoms with Gasteiger partial charge in [-0.1, -0.05) is 17.7 Å². The van der Waals surface area contributed by atoms with E-state index in [-0.39, 0.29) is 28.5 Å². The monoisotopic (exact) mass is 362 g/mol. The molecule has 0 aliphatic heterocycles. The summed E-state index contributed by atoms with van der Waals surface area (Å²) in [5, 5.41) is 13.9. The maximum atomic E-state index is 12.0. The van der Waals surface area contributed by atoms with Crippen LogP contribution < -0.4 is 10.1 Å². The first-order valence-electron chi connectivity index (χ1n) is 7.26. The van der Waals surface area contributed by atoms with Crippen LogP contribution in [0.3, 0.4) is 0 Å². The van der Waals surface area contributed by atoms with Gasteiger partial charge >= 0.3 is 0 Å². The number of ketones is 1. The first kappa shape index (κ1) is 18.4. The van der Waals surface area contributed by atoms with Gasteiger partial charge < -0.3 is 10.1 Å². The van der Waals surface area contributed by atoms with Gasteiger partial charge in [0.2, 0.25) is 0 Å². The fraction of sp³-hybridized carbons (Fsp3) is 0.176. The number of aryl methyl sites for hydroxylation is 1. The molecular weight excluding hydrogens is 348 g/mol. The van der Waals surface area contributed by atoms with Crippen LogP contribution in [0.1, 0.15) is 22.8 Å². The zero-order chi connectivity index (χ0) is 18.6. The minimum Gasteiger partial charge on any atom is -0.483 e. The second-order valence-electron chi connectivity index (χ2n) is 5.31. The van der Waals surface area contributed by atoms with Gasteiger partial charge in [-0.3, -0.25) is 19.7 Å². The van der Waals surface area contributed by atoms with E-state index >= 15 is 0 Å². The van der Waals surface area contributed by atoms with Crippen molar-refractivity contribution >= 4 is 34.7 Å². The zero-order valence-electron chi connectivity index (χ0n) is 13.5. The Balaban J connectivity index is 2.10. The number of hydrogen-bond donors (Lipinski definition) is 1. The number of nitro groups is 1. The SMILES string of the molecule is CC(=O)c1cc(Cl)ccc1OCC(=O)Nc1ccc(C)cc1[N+](=O)[O-]. The van der Waals surface area contributed by atoms with Crippen LogP contribution in [-0.2, 0) is 4.79 Å². The van der Waals surface area contributed by atoms with E-state index in [0.717, 1.165) is 0 Å². The number of anilines is 1. The lowest BCUT2D eigenvalue weighted by Crippen LogP contribution is -2.21. The van der Waals surface area contributed by atoms with E-state index in [0.29, 0.717) is 10.6 Å². The highest BCUT2D eigenvalue weighted by Gasteiger charge is 2.17. The highest BCUT2D eigenvalue weighted by Crippen LogP contribution is 2.26. The summed E-state index contributed by atoms with van der Waals surface area (Å²) in [5.74, 6) is -0.631. The molecule has 0 saturated heterocycles. The number of carbonyl (C=O) groups excluding carboxylic acids is 2. The summed E-state index contributed by atoms with van der Waals surface area (Å²) in [4.78, 5) is 34.1. The van der Waals surface area contributed by atoms with E-state index in [9.17, 15) is 19.7 Å². The van der Waals surface area contributed by atoms with Gasteiger partial charge in [0.1, 0.15) is 11.4 Å². The molecule has 7 nitrogen and oxygen atoms in total. The van der Waals surface area contributed by atoms with Crippen molar-refractivity contribution in [3.05, 3.63) is 62.7 Å². The Morgan fingerprint density at radius 1 is 1.24 bits per heavy atom. The van der Waals surface area contributed by atoms with Crippen molar-refractivity contribution < 1.29 is 19.2 Å². The van der Waals surface area contributed by atoms with Crippen LogP contribution in [0.4, 0.5) is 11.4 Å². The van der Waals surface area contributed by atoms with Crippen LogP contribution in [0.25, 0.3) is 0 Å². The zero-order valence-corrected chi connectivity index (χ0v) is 14.3. The lowest BCUT2D eigenvalue weighted by molar-refractivity contribution is -0.384. The first-order valence-corrected chi connectivity index (χ1v) is 7.64. The molecule has 0 spiro atoms. The van der Waals surface area contributed by atoms with Crippen molar-refractivity contribution in [2.45, 2.75) is 13.8 Å². The van der Waals surface area contributed by atoms with Crippen LogP contribution in [-0.4, -0.2) is 23.2 Å². The van der Waals surface area contributed by atoms with E-state index in [1.807, 2.05) is 0 Å². The van der Waals surface area contributed by atoms with Gasteiger partial charge in [0.05, 0.1) is 10.5 Å².